The molecule has 5 nitrogen and oxygen atoms in total. The maximum absolute atomic E-state index is 13.0. The van der Waals surface area contributed by atoms with Crippen LogP contribution >= 0.6 is 0 Å². The first-order valence-corrected chi connectivity index (χ1v) is 10.8. The molecule has 0 N–H and O–H groups in total. The number of nitrogens with zero attached hydrogens (tertiary/aromatic N) is 1. The van der Waals surface area contributed by atoms with Crippen molar-refractivity contribution in [1.82, 2.24) is 0 Å². The number of halogens is 1. The van der Waals surface area contributed by atoms with Crippen molar-refractivity contribution in [2.75, 3.05) is 6.61 Å². The molecule has 33 heavy (non-hydrogen) atoms. The first kappa shape index (κ1) is 22.3. The molecule has 0 saturated carbocycles. The second-order valence-corrected chi connectivity index (χ2v) is 7.55. The summed E-state index contributed by atoms with van der Waals surface area (Å²) in [5, 5.41) is 0. The number of cyclic esters (lactones) is 1. The average molecular weight is 445 g/mol. The summed E-state index contributed by atoms with van der Waals surface area (Å²) in [6.07, 6.45) is 3.73. The highest BCUT2D eigenvalue weighted by Crippen LogP contribution is 2.23. The van der Waals surface area contributed by atoms with E-state index in [2.05, 4.69) is 11.9 Å². The summed E-state index contributed by atoms with van der Waals surface area (Å²) in [7, 11) is 0. The molecule has 3 aromatic rings. The largest absolute Gasteiger partial charge is 0.494 e. The third-order valence-electron chi connectivity index (χ3n) is 4.97. The number of ether oxygens (including phenoxy) is 3. The fourth-order valence-electron chi connectivity index (χ4n) is 3.16. The van der Waals surface area contributed by atoms with Crippen LogP contribution in [0, 0.1) is 5.82 Å². The summed E-state index contributed by atoms with van der Waals surface area (Å²) in [6, 6.07) is 20.8. The topological polar surface area (TPSA) is 57.1 Å². The van der Waals surface area contributed by atoms with Crippen molar-refractivity contribution in [2.45, 2.75) is 26.4 Å². The minimum Gasteiger partial charge on any atom is -0.494 e. The zero-order valence-electron chi connectivity index (χ0n) is 18.3. The van der Waals surface area contributed by atoms with Gasteiger partial charge in [0.1, 0.15) is 23.9 Å². The van der Waals surface area contributed by atoms with Crippen molar-refractivity contribution < 1.29 is 23.4 Å². The molecule has 0 saturated heterocycles. The molecule has 1 aliphatic heterocycles. The second-order valence-electron chi connectivity index (χ2n) is 7.55. The Morgan fingerprint density at radius 2 is 1.76 bits per heavy atom. The van der Waals surface area contributed by atoms with Gasteiger partial charge in [0, 0.05) is 5.56 Å². The zero-order chi connectivity index (χ0) is 23.0. The number of carbonyl (C=O) groups is 1. The molecule has 0 aliphatic carbocycles. The number of carbonyl (C=O) groups excluding carboxylic acids is 1. The predicted octanol–water partition coefficient (Wildman–Crippen LogP) is 5.93. The van der Waals surface area contributed by atoms with Gasteiger partial charge in [-0.2, -0.15) is 0 Å². The molecular weight excluding hydrogens is 421 g/mol. The molecule has 0 unspecified atom stereocenters. The van der Waals surface area contributed by atoms with Gasteiger partial charge in [-0.3, -0.25) is 0 Å². The molecule has 168 valence electrons. The van der Waals surface area contributed by atoms with Crippen molar-refractivity contribution in [3.05, 3.63) is 101 Å². The van der Waals surface area contributed by atoms with Gasteiger partial charge in [0.25, 0.3) is 0 Å². The van der Waals surface area contributed by atoms with Crippen molar-refractivity contribution in [2.24, 2.45) is 4.99 Å². The molecule has 0 spiro atoms. The first-order valence-electron chi connectivity index (χ1n) is 10.8. The highest BCUT2D eigenvalue weighted by Gasteiger charge is 2.24. The monoisotopic (exact) mass is 445 g/mol. The molecule has 0 fully saturated rings. The van der Waals surface area contributed by atoms with E-state index in [1.807, 2.05) is 42.5 Å². The minimum absolute atomic E-state index is 0.212. The SMILES string of the molecule is CCCCOc1ccc(C2=N/C(=C/c3cccc(OCc4ccc(F)cc4)c3)C(=O)O2)cc1. The van der Waals surface area contributed by atoms with E-state index < -0.39 is 5.97 Å². The highest BCUT2D eigenvalue weighted by atomic mass is 19.1. The van der Waals surface area contributed by atoms with Gasteiger partial charge in [0.05, 0.1) is 6.61 Å². The summed E-state index contributed by atoms with van der Waals surface area (Å²) >= 11 is 0. The molecule has 4 rings (SSSR count). The van der Waals surface area contributed by atoms with Crippen LogP contribution in [-0.2, 0) is 16.1 Å². The van der Waals surface area contributed by atoms with Gasteiger partial charge in [-0.25, -0.2) is 14.2 Å². The van der Waals surface area contributed by atoms with Gasteiger partial charge >= 0.3 is 5.97 Å². The molecule has 1 heterocycles. The number of esters is 1. The van der Waals surface area contributed by atoms with Gasteiger partial charge < -0.3 is 14.2 Å². The number of unbranched alkanes of at least 4 members (excludes halogenated alkanes) is 1. The molecule has 0 aromatic heterocycles. The summed E-state index contributed by atoms with van der Waals surface area (Å²) in [5.41, 5.74) is 2.52. The summed E-state index contributed by atoms with van der Waals surface area (Å²) in [5.74, 6) is 0.862. The van der Waals surface area contributed by atoms with E-state index in [0.29, 0.717) is 24.5 Å². The fourth-order valence-corrected chi connectivity index (χ4v) is 3.16. The van der Waals surface area contributed by atoms with Crippen LogP contribution in [0.25, 0.3) is 6.08 Å². The molecule has 1 aliphatic rings. The number of hydrogen-bond acceptors (Lipinski definition) is 5. The first-order chi connectivity index (χ1) is 16.1. The Hall–Kier alpha value is -3.93. The van der Waals surface area contributed by atoms with Crippen molar-refractivity contribution in [3.8, 4) is 11.5 Å². The van der Waals surface area contributed by atoms with E-state index in [0.717, 1.165) is 29.7 Å². The van der Waals surface area contributed by atoms with E-state index in [1.54, 1.807) is 24.3 Å². The normalized spacial score (nSPS) is 14.2. The molecule has 0 radical (unpaired) electrons. The predicted molar refractivity (Wildman–Crippen MR) is 125 cm³/mol. The van der Waals surface area contributed by atoms with E-state index >= 15 is 0 Å². The summed E-state index contributed by atoms with van der Waals surface area (Å²) in [6.45, 7) is 3.09. The third kappa shape index (κ3) is 6.07. The van der Waals surface area contributed by atoms with Crippen LogP contribution in [0.4, 0.5) is 4.39 Å². The Bertz CT molecular complexity index is 1170. The maximum Gasteiger partial charge on any atom is 0.363 e. The van der Waals surface area contributed by atoms with Gasteiger partial charge in [-0.05, 0) is 72.2 Å². The molecule has 6 heteroatoms. The van der Waals surface area contributed by atoms with E-state index in [-0.39, 0.29) is 17.4 Å². The summed E-state index contributed by atoms with van der Waals surface area (Å²) < 4.78 is 29.8. The van der Waals surface area contributed by atoms with Crippen LogP contribution in [0.15, 0.2) is 83.5 Å². The lowest BCUT2D eigenvalue weighted by atomic mass is 10.2. The quantitative estimate of drug-likeness (QED) is 0.233. The Morgan fingerprint density at radius 1 is 0.970 bits per heavy atom. The third-order valence-corrected chi connectivity index (χ3v) is 4.97. The highest BCUT2D eigenvalue weighted by molar-refractivity contribution is 6.12. The van der Waals surface area contributed by atoms with Crippen molar-refractivity contribution in [1.29, 1.82) is 0 Å². The smallest absolute Gasteiger partial charge is 0.363 e. The fraction of sp³-hybridized carbons (Fsp3) is 0.185. The molecule has 0 atom stereocenters. The molecule has 0 amide bonds. The van der Waals surface area contributed by atoms with Gasteiger partial charge in [0.15, 0.2) is 5.70 Å². The standard InChI is InChI=1S/C27H24FNO4/c1-2-3-15-31-23-13-9-21(10-14-23)26-29-25(27(30)33-26)17-20-5-4-6-24(16-20)32-18-19-7-11-22(28)12-8-19/h4-14,16-17H,2-3,15,18H2,1H3/b25-17+. The average Bonchev–Trinajstić information content (AvgIpc) is 3.19. The summed E-state index contributed by atoms with van der Waals surface area (Å²) in [4.78, 5) is 16.7. The van der Waals surface area contributed by atoms with Crippen molar-refractivity contribution >= 4 is 17.9 Å². The van der Waals surface area contributed by atoms with Gasteiger partial charge in [0.2, 0.25) is 5.90 Å². The second kappa shape index (κ2) is 10.6. The number of benzene rings is 3. The van der Waals surface area contributed by atoms with Crippen LogP contribution in [0.2, 0.25) is 0 Å². The Morgan fingerprint density at radius 3 is 2.52 bits per heavy atom. The lowest BCUT2D eigenvalue weighted by molar-refractivity contribution is -0.129. The van der Waals surface area contributed by atoms with Crippen LogP contribution < -0.4 is 9.47 Å². The molecular formula is C27H24FNO4. The Kier molecular flexibility index (Phi) is 7.15. The number of aliphatic imine (C=N–C) groups is 1. The lowest BCUT2D eigenvalue weighted by Gasteiger charge is -2.07. The van der Waals surface area contributed by atoms with Gasteiger partial charge in [-0.1, -0.05) is 37.6 Å². The Labute approximate surface area is 192 Å². The molecule has 0 bridgehead atoms. The van der Waals surface area contributed by atoms with E-state index in [4.69, 9.17) is 14.2 Å². The van der Waals surface area contributed by atoms with Crippen LogP contribution in [0.5, 0.6) is 11.5 Å². The number of hydrogen-bond donors (Lipinski definition) is 0. The minimum atomic E-state index is -0.508. The van der Waals surface area contributed by atoms with Crippen LogP contribution in [-0.4, -0.2) is 18.5 Å². The van der Waals surface area contributed by atoms with Crippen LogP contribution in [0.1, 0.15) is 36.5 Å². The molecule has 3 aromatic carbocycles. The van der Waals surface area contributed by atoms with Crippen LogP contribution in [0.3, 0.4) is 0 Å². The number of rotatable bonds is 9. The van der Waals surface area contributed by atoms with Crippen molar-refractivity contribution in [3.63, 3.8) is 0 Å². The zero-order valence-corrected chi connectivity index (χ0v) is 18.3. The van der Waals surface area contributed by atoms with E-state index in [1.165, 1.54) is 12.1 Å². The lowest BCUT2D eigenvalue weighted by Crippen LogP contribution is -2.05. The van der Waals surface area contributed by atoms with Gasteiger partial charge in [-0.15, -0.1) is 0 Å². The Balaban J connectivity index is 1.43. The van der Waals surface area contributed by atoms with E-state index in [9.17, 15) is 9.18 Å². The maximum atomic E-state index is 13.0.